The number of halogens is 4. The standard InChI is InChI=1S/C21H13F4N3O5/c22-16-4-2-1-3-15(16)20(29)33-27-19(26)12-5-8-14(9-6-12)32-18-10-7-13(21(23,24)25)11-17(18)28(30)31/h1-11H,(H2,26,27). The number of ether oxygens (including phenoxy) is 1. The molecule has 0 saturated heterocycles. The number of hydrogen-bond acceptors (Lipinski definition) is 6. The number of nitrogens with zero attached hydrogens (tertiary/aromatic N) is 2. The summed E-state index contributed by atoms with van der Waals surface area (Å²) in [6.45, 7) is 0. The Morgan fingerprint density at radius 1 is 1.03 bits per heavy atom. The largest absolute Gasteiger partial charge is 0.450 e. The number of alkyl halides is 3. The molecule has 33 heavy (non-hydrogen) atoms. The van der Waals surface area contributed by atoms with E-state index in [0.29, 0.717) is 12.1 Å². The highest BCUT2D eigenvalue weighted by Crippen LogP contribution is 2.37. The number of rotatable bonds is 6. The van der Waals surface area contributed by atoms with Crippen LogP contribution in [-0.2, 0) is 11.0 Å². The molecular formula is C21H13F4N3O5. The van der Waals surface area contributed by atoms with E-state index in [1.54, 1.807) is 0 Å². The van der Waals surface area contributed by atoms with Gasteiger partial charge in [0.05, 0.1) is 16.1 Å². The minimum absolute atomic E-state index is 0.0535. The molecule has 170 valence electrons. The van der Waals surface area contributed by atoms with Gasteiger partial charge in [-0.1, -0.05) is 17.3 Å². The van der Waals surface area contributed by atoms with Crippen molar-refractivity contribution in [1.82, 2.24) is 0 Å². The summed E-state index contributed by atoms with van der Waals surface area (Å²) in [6, 6.07) is 12.3. The molecule has 0 spiro atoms. The Morgan fingerprint density at radius 3 is 2.30 bits per heavy atom. The maximum absolute atomic E-state index is 13.6. The van der Waals surface area contributed by atoms with E-state index in [0.717, 1.165) is 12.1 Å². The third kappa shape index (κ3) is 5.61. The molecule has 0 aliphatic heterocycles. The number of nitro groups is 1. The average molecular weight is 463 g/mol. The lowest BCUT2D eigenvalue weighted by Crippen LogP contribution is -2.15. The third-order valence-corrected chi connectivity index (χ3v) is 4.18. The minimum Gasteiger partial charge on any atom is -0.450 e. The van der Waals surface area contributed by atoms with Gasteiger partial charge in [0.2, 0.25) is 5.75 Å². The fourth-order valence-corrected chi connectivity index (χ4v) is 2.56. The van der Waals surface area contributed by atoms with E-state index in [1.165, 1.54) is 42.5 Å². The molecule has 0 aliphatic carbocycles. The number of carbonyl (C=O) groups excluding carboxylic acids is 1. The van der Waals surface area contributed by atoms with Gasteiger partial charge in [0.1, 0.15) is 11.6 Å². The van der Waals surface area contributed by atoms with Crippen LogP contribution in [0.5, 0.6) is 11.5 Å². The molecule has 3 aromatic rings. The third-order valence-electron chi connectivity index (χ3n) is 4.18. The molecule has 0 unspecified atom stereocenters. The van der Waals surface area contributed by atoms with Crippen LogP contribution < -0.4 is 10.5 Å². The predicted molar refractivity (Wildman–Crippen MR) is 107 cm³/mol. The molecule has 0 radical (unpaired) electrons. The number of nitrogens with two attached hydrogens (primary N) is 1. The SMILES string of the molecule is N/C(=N/OC(=O)c1ccccc1F)c1ccc(Oc2ccc(C(F)(F)F)cc2[N+](=O)[O-])cc1. The summed E-state index contributed by atoms with van der Waals surface area (Å²) in [6.07, 6.45) is -4.75. The van der Waals surface area contributed by atoms with Crippen molar-refractivity contribution >= 4 is 17.5 Å². The highest BCUT2D eigenvalue weighted by atomic mass is 19.4. The van der Waals surface area contributed by atoms with Crippen LogP contribution in [0.25, 0.3) is 0 Å². The monoisotopic (exact) mass is 463 g/mol. The van der Waals surface area contributed by atoms with Gasteiger partial charge < -0.3 is 15.3 Å². The molecule has 0 atom stereocenters. The van der Waals surface area contributed by atoms with Gasteiger partial charge in [-0.3, -0.25) is 10.1 Å². The van der Waals surface area contributed by atoms with Gasteiger partial charge in [0.15, 0.2) is 5.84 Å². The second-order valence-electron chi connectivity index (χ2n) is 6.40. The second kappa shape index (κ2) is 9.34. The van der Waals surface area contributed by atoms with Crippen LogP contribution in [0.15, 0.2) is 71.9 Å². The second-order valence-corrected chi connectivity index (χ2v) is 6.40. The van der Waals surface area contributed by atoms with Gasteiger partial charge in [-0.05, 0) is 48.5 Å². The van der Waals surface area contributed by atoms with Crippen LogP contribution in [0.2, 0.25) is 0 Å². The van der Waals surface area contributed by atoms with Crippen LogP contribution in [0, 0.1) is 15.9 Å². The summed E-state index contributed by atoms with van der Waals surface area (Å²) in [4.78, 5) is 26.6. The quantitative estimate of drug-likeness (QED) is 0.137. The molecular weight excluding hydrogens is 450 g/mol. The topological polar surface area (TPSA) is 117 Å². The molecule has 3 aromatic carbocycles. The number of benzene rings is 3. The van der Waals surface area contributed by atoms with E-state index in [1.807, 2.05) is 0 Å². The molecule has 0 saturated carbocycles. The minimum atomic E-state index is -4.75. The van der Waals surface area contributed by atoms with Crippen molar-refractivity contribution < 1.29 is 36.9 Å². The first-order valence-electron chi connectivity index (χ1n) is 8.99. The Labute approximate surface area is 183 Å². The van der Waals surface area contributed by atoms with Crippen molar-refractivity contribution in [3.8, 4) is 11.5 Å². The van der Waals surface area contributed by atoms with Crippen molar-refractivity contribution in [2.45, 2.75) is 6.18 Å². The molecule has 0 fully saturated rings. The molecule has 0 bridgehead atoms. The number of amidine groups is 1. The average Bonchev–Trinajstić information content (AvgIpc) is 2.77. The zero-order valence-electron chi connectivity index (χ0n) is 16.4. The first-order valence-corrected chi connectivity index (χ1v) is 8.99. The molecule has 2 N–H and O–H groups in total. The van der Waals surface area contributed by atoms with Crippen LogP contribution in [0.3, 0.4) is 0 Å². The van der Waals surface area contributed by atoms with Crippen molar-refractivity contribution in [2.24, 2.45) is 10.9 Å². The molecule has 3 rings (SSSR count). The molecule has 0 aromatic heterocycles. The van der Waals surface area contributed by atoms with Crippen molar-refractivity contribution in [3.05, 3.63) is 99.4 Å². The van der Waals surface area contributed by atoms with Crippen LogP contribution in [0.1, 0.15) is 21.5 Å². The van der Waals surface area contributed by atoms with Gasteiger partial charge >= 0.3 is 17.8 Å². The lowest BCUT2D eigenvalue weighted by molar-refractivity contribution is -0.385. The van der Waals surface area contributed by atoms with Gasteiger partial charge in [0.25, 0.3) is 0 Å². The van der Waals surface area contributed by atoms with Gasteiger partial charge in [-0.25, -0.2) is 9.18 Å². The highest BCUT2D eigenvalue weighted by molar-refractivity contribution is 5.98. The number of nitro benzene ring substituents is 1. The van der Waals surface area contributed by atoms with Crippen LogP contribution in [-0.4, -0.2) is 16.7 Å². The zero-order chi connectivity index (χ0) is 24.2. The van der Waals surface area contributed by atoms with Crippen molar-refractivity contribution in [1.29, 1.82) is 0 Å². The summed E-state index contributed by atoms with van der Waals surface area (Å²) in [7, 11) is 0. The van der Waals surface area contributed by atoms with Crippen molar-refractivity contribution in [2.75, 3.05) is 0 Å². The summed E-state index contributed by atoms with van der Waals surface area (Å²) >= 11 is 0. The predicted octanol–water partition coefficient (Wildman–Crippen LogP) is 5.02. The number of carbonyl (C=O) groups is 1. The fourth-order valence-electron chi connectivity index (χ4n) is 2.56. The number of oxime groups is 1. The molecule has 8 nitrogen and oxygen atoms in total. The summed E-state index contributed by atoms with van der Waals surface area (Å²) in [5, 5.41) is 14.6. The van der Waals surface area contributed by atoms with Gasteiger partial charge in [0, 0.05) is 11.6 Å². The highest BCUT2D eigenvalue weighted by Gasteiger charge is 2.33. The van der Waals surface area contributed by atoms with Crippen LogP contribution >= 0.6 is 0 Å². The Kier molecular flexibility index (Phi) is 6.56. The summed E-state index contributed by atoms with van der Waals surface area (Å²) in [5.41, 5.74) is 3.59. The van der Waals surface area contributed by atoms with Crippen LogP contribution in [0.4, 0.5) is 23.2 Å². The normalized spacial score (nSPS) is 11.7. The van der Waals surface area contributed by atoms with E-state index in [-0.39, 0.29) is 22.7 Å². The smallest absolute Gasteiger partial charge is 0.416 e. The first-order chi connectivity index (χ1) is 15.6. The Morgan fingerprint density at radius 2 is 1.70 bits per heavy atom. The lowest BCUT2D eigenvalue weighted by atomic mass is 10.1. The Hall–Kier alpha value is -4.48. The molecule has 12 heteroatoms. The maximum Gasteiger partial charge on any atom is 0.416 e. The van der Waals surface area contributed by atoms with E-state index in [4.69, 9.17) is 10.5 Å². The van der Waals surface area contributed by atoms with E-state index in [9.17, 15) is 32.5 Å². The van der Waals surface area contributed by atoms with Crippen molar-refractivity contribution in [3.63, 3.8) is 0 Å². The summed E-state index contributed by atoms with van der Waals surface area (Å²) < 4.78 is 57.3. The van der Waals surface area contributed by atoms with Gasteiger partial charge in [-0.2, -0.15) is 13.2 Å². The Balaban J connectivity index is 1.74. The summed E-state index contributed by atoms with van der Waals surface area (Å²) in [5.74, 6) is -2.45. The zero-order valence-corrected chi connectivity index (χ0v) is 16.4. The first kappa shape index (κ1) is 23.2. The van der Waals surface area contributed by atoms with E-state index < -0.39 is 39.9 Å². The Bertz CT molecular complexity index is 1230. The number of hydrogen-bond donors (Lipinski definition) is 1. The fraction of sp³-hybridized carbons (Fsp3) is 0.0476. The van der Waals surface area contributed by atoms with Gasteiger partial charge in [-0.15, -0.1) is 0 Å². The lowest BCUT2D eigenvalue weighted by Gasteiger charge is -2.10. The maximum atomic E-state index is 13.6. The molecule has 0 heterocycles. The van der Waals surface area contributed by atoms with E-state index >= 15 is 0 Å². The molecule has 0 aliphatic rings. The van der Waals surface area contributed by atoms with E-state index in [2.05, 4.69) is 9.99 Å². The molecule has 0 amide bonds.